The molecule has 8 nitrogen and oxygen atoms in total. The minimum atomic E-state index is 0.345. The van der Waals surface area contributed by atoms with E-state index in [9.17, 15) is 0 Å². The van der Waals surface area contributed by atoms with Gasteiger partial charge in [0.15, 0.2) is 0 Å². The summed E-state index contributed by atoms with van der Waals surface area (Å²) in [6.07, 6.45) is 5.59. The first-order valence-corrected chi connectivity index (χ1v) is 10.7. The van der Waals surface area contributed by atoms with Crippen LogP contribution in [0, 0.1) is 0 Å². The van der Waals surface area contributed by atoms with Crippen molar-refractivity contribution in [1.82, 2.24) is 34.9 Å². The van der Waals surface area contributed by atoms with E-state index in [-0.39, 0.29) is 0 Å². The van der Waals surface area contributed by atoms with Crippen molar-refractivity contribution in [3.63, 3.8) is 0 Å². The van der Waals surface area contributed by atoms with Crippen LogP contribution in [0.4, 0.5) is 10.9 Å². The molecule has 0 amide bonds. The van der Waals surface area contributed by atoms with Gasteiger partial charge >= 0.3 is 0 Å². The minimum Gasteiger partial charge on any atom is -0.315 e. The summed E-state index contributed by atoms with van der Waals surface area (Å²) in [6.45, 7) is 4.20. The van der Waals surface area contributed by atoms with Crippen molar-refractivity contribution in [1.29, 1.82) is 0 Å². The maximum Gasteiger partial charge on any atom is 0.211 e. The van der Waals surface area contributed by atoms with Crippen LogP contribution in [0.5, 0.6) is 0 Å². The molecule has 0 bridgehead atoms. The van der Waals surface area contributed by atoms with Gasteiger partial charge in [0.05, 0.1) is 16.7 Å². The summed E-state index contributed by atoms with van der Waals surface area (Å²) < 4.78 is 1.79. The molecule has 5 heterocycles. The molecular formula is C22H20N8S. The van der Waals surface area contributed by atoms with Crippen LogP contribution < -0.4 is 5.32 Å². The molecule has 0 aromatic carbocycles. The maximum absolute atomic E-state index is 4.74. The van der Waals surface area contributed by atoms with Crippen LogP contribution in [-0.4, -0.2) is 34.9 Å². The number of hydrogen-bond donors (Lipinski definition) is 1. The van der Waals surface area contributed by atoms with Gasteiger partial charge in [-0.05, 0) is 30.3 Å². The Balaban J connectivity index is 1.52. The summed E-state index contributed by atoms with van der Waals surface area (Å²) >= 11 is 1.54. The number of nitrogens with one attached hydrogen (secondary N) is 1. The number of aryl methyl sites for hydroxylation is 1. The van der Waals surface area contributed by atoms with E-state index in [1.165, 1.54) is 11.3 Å². The van der Waals surface area contributed by atoms with Gasteiger partial charge in [-0.25, -0.2) is 4.98 Å². The smallest absolute Gasteiger partial charge is 0.211 e. The van der Waals surface area contributed by atoms with Crippen molar-refractivity contribution in [3.8, 4) is 22.5 Å². The summed E-state index contributed by atoms with van der Waals surface area (Å²) in [5, 5.41) is 18.0. The number of anilines is 2. The van der Waals surface area contributed by atoms with Gasteiger partial charge in [0.1, 0.15) is 16.5 Å². The number of nitrogens with zero attached hydrogens (tertiary/aromatic N) is 7. The highest BCUT2D eigenvalue weighted by molar-refractivity contribution is 7.15. The van der Waals surface area contributed by atoms with E-state index >= 15 is 0 Å². The predicted octanol–water partition coefficient (Wildman–Crippen LogP) is 4.81. The van der Waals surface area contributed by atoms with E-state index in [0.717, 1.165) is 43.7 Å². The lowest BCUT2D eigenvalue weighted by molar-refractivity contribution is 0.770. The Bertz CT molecular complexity index is 1360. The molecule has 31 heavy (non-hydrogen) atoms. The molecule has 0 spiro atoms. The van der Waals surface area contributed by atoms with Gasteiger partial charge in [-0.2, -0.15) is 5.10 Å². The molecule has 0 aliphatic rings. The number of fused-ring (bicyclic) bond motifs is 1. The first-order valence-electron chi connectivity index (χ1n) is 9.89. The molecule has 0 fully saturated rings. The molecule has 0 atom stereocenters. The molecule has 0 aliphatic heterocycles. The molecule has 0 unspecified atom stereocenters. The summed E-state index contributed by atoms with van der Waals surface area (Å²) in [7, 11) is 1.90. The molecule has 5 aromatic heterocycles. The number of pyridine rings is 3. The minimum absolute atomic E-state index is 0.345. The lowest BCUT2D eigenvalue weighted by Crippen LogP contribution is -1.94. The van der Waals surface area contributed by atoms with Crippen molar-refractivity contribution < 1.29 is 0 Å². The fourth-order valence-electron chi connectivity index (χ4n) is 3.24. The second-order valence-corrected chi connectivity index (χ2v) is 8.47. The summed E-state index contributed by atoms with van der Waals surface area (Å²) in [5.74, 6) is 1.05. The van der Waals surface area contributed by atoms with Crippen molar-refractivity contribution in [2.75, 3.05) is 5.32 Å². The third-order valence-electron chi connectivity index (χ3n) is 4.75. The number of hydrogen-bond acceptors (Lipinski definition) is 8. The topological polar surface area (TPSA) is 94.3 Å². The van der Waals surface area contributed by atoms with Gasteiger partial charge in [0.2, 0.25) is 5.13 Å². The van der Waals surface area contributed by atoms with Crippen LogP contribution in [0.25, 0.3) is 33.5 Å². The first-order chi connectivity index (χ1) is 15.1. The Morgan fingerprint density at radius 3 is 2.71 bits per heavy atom. The fraction of sp³-hybridized carbons (Fsp3) is 0.182. The second-order valence-electron chi connectivity index (χ2n) is 7.46. The monoisotopic (exact) mass is 428 g/mol. The van der Waals surface area contributed by atoms with Crippen molar-refractivity contribution in [2.24, 2.45) is 7.05 Å². The zero-order valence-corrected chi connectivity index (χ0v) is 18.1. The molecule has 1 N–H and O–H groups in total. The quantitative estimate of drug-likeness (QED) is 0.429. The Kier molecular flexibility index (Phi) is 4.87. The average molecular weight is 429 g/mol. The zero-order chi connectivity index (χ0) is 21.4. The van der Waals surface area contributed by atoms with Gasteiger partial charge in [-0.1, -0.05) is 31.3 Å². The highest BCUT2D eigenvalue weighted by atomic mass is 32.1. The van der Waals surface area contributed by atoms with Crippen molar-refractivity contribution in [2.45, 2.75) is 19.8 Å². The highest BCUT2D eigenvalue weighted by Gasteiger charge is 2.15. The third-order valence-corrected chi connectivity index (χ3v) is 5.89. The van der Waals surface area contributed by atoms with Crippen LogP contribution in [0.2, 0.25) is 0 Å². The standard InChI is InChI=1S/C22H20N8S/c1-13(2)21-27-28-22(31-21)26-19-8-7-16-18(25-19)10-14(11-24-16)15-12-30(3)29-20(15)17-6-4-5-9-23-17/h4-13H,1-3H3,(H,25,26,28). The van der Waals surface area contributed by atoms with Crippen LogP contribution >= 0.6 is 11.3 Å². The summed E-state index contributed by atoms with van der Waals surface area (Å²) in [4.78, 5) is 13.8. The van der Waals surface area contributed by atoms with E-state index in [0.29, 0.717) is 11.7 Å². The molecule has 5 aromatic rings. The molecule has 154 valence electrons. The van der Waals surface area contributed by atoms with Crippen LogP contribution in [-0.2, 0) is 7.05 Å². The van der Waals surface area contributed by atoms with Crippen LogP contribution in [0.3, 0.4) is 0 Å². The Hall–Kier alpha value is -3.72. The van der Waals surface area contributed by atoms with Crippen molar-refractivity contribution >= 4 is 33.3 Å². The fourth-order valence-corrected chi connectivity index (χ4v) is 4.00. The molecule has 0 saturated heterocycles. The normalized spacial score (nSPS) is 11.4. The SMILES string of the molecule is CC(C)c1nnc(Nc2ccc3ncc(-c4cn(C)nc4-c4ccccn4)cc3n2)s1. The van der Waals surface area contributed by atoms with E-state index < -0.39 is 0 Å². The first kappa shape index (κ1) is 19.3. The Labute approximate surface area is 183 Å². The van der Waals surface area contributed by atoms with Gasteiger partial charge < -0.3 is 5.32 Å². The van der Waals surface area contributed by atoms with E-state index in [1.807, 2.05) is 55.8 Å². The lowest BCUT2D eigenvalue weighted by Gasteiger charge is -2.06. The molecule has 0 saturated carbocycles. The van der Waals surface area contributed by atoms with E-state index in [4.69, 9.17) is 4.98 Å². The summed E-state index contributed by atoms with van der Waals surface area (Å²) in [6, 6.07) is 11.7. The van der Waals surface area contributed by atoms with Gasteiger partial charge in [-0.15, -0.1) is 10.2 Å². The van der Waals surface area contributed by atoms with E-state index in [1.54, 1.807) is 10.9 Å². The second kappa shape index (κ2) is 7.84. The molecule has 5 rings (SSSR count). The third kappa shape index (κ3) is 3.87. The predicted molar refractivity (Wildman–Crippen MR) is 122 cm³/mol. The Morgan fingerprint density at radius 1 is 1.03 bits per heavy atom. The zero-order valence-electron chi connectivity index (χ0n) is 17.3. The summed E-state index contributed by atoms with van der Waals surface area (Å²) in [5.41, 5.74) is 5.13. The van der Waals surface area contributed by atoms with Crippen LogP contribution in [0.15, 0.2) is 55.0 Å². The Morgan fingerprint density at radius 2 is 1.94 bits per heavy atom. The number of rotatable bonds is 5. The van der Waals surface area contributed by atoms with Crippen LogP contribution in [0.1, 0.15) is 24.8 Å². The van der Waals surface area contributed by atoms with E-state index in [2.05, 4.69) is 44.4 Å². The molecule has 0 radical (unpaired) electrons. The molecule has 9 heteroatoms. The largest absolute Gasteiger partial charge is 0.315 e. The van der Waals surface area contributed by atoms with Gasteiger partial charge in [-0.3, -0.25) is 14.6 Å². The molecule has 0 aliphatic carbocycles. The lowest BCUT2D eigenvalue weighted by atomic mass is 10.1. The average Bonchev–Trinajstić information content (AvgIpc) is 3.41. The van der Waals surface area contributed by atoms with Gasteiger partial charge in [0, 0.05) is 42.7 Å². The van der Waals surface area contributed by atoms with Gasteiger partial charge in [0.25, 0.3) is 0 Å². The van der Waals surface area contributed by atoms with Crippen molar-refractivity contribution in [3.05, 3.63) is 60.0 Å². The maximum atomic E-state index is 4.74. The number of aromatic nitrogens is 7. The molecular weight excluding hydrogens is 408 g/mol. The highest BCUT2D eigenvalue weighted by Crippen LogP contribution is 2.31.